The highest BCUT2D eigenvalue weighted by molar-refractivity contribution is 6.27. The summed E-state index contributed by atoms with van der Waals surface area (Å²) in [6, 6.07) is 7.69. The predicted molar refractivity (Wildman–Crippen MR) is 109 cm³/mol. The summed E-state index contributed by atoms with van der Waals surface area (Å²) >= 11 is 5.96. The third-order valence-corrected chi connectivity index (χ3v) is 6.22. The number of nitrogens with zero attached hydrogens (tertiary/aromatic N) is 1. The van der Waals surface area contributed by atoms with Crippen LogP contribution in [0.5, 0.6) is 0 Å². The lowest BCUT2D eigenvalue weighted by atomic mass is 9.94. The lowest BCUT2D eigenvalue weighted by Gasteiger charge is -2.37. The Balaban J connectivity index is 1.90. The van der Waals surface area contributed by atoms with Crippen molar-refractivity contribution in [1.82, 2.24) is 10.2 Å². The Bertz CT molecular complexity index is 634. The summed E-state index contributed by atoms with van der Waals surface area (Å²) < 4.78 is 0. The maximum atomic E-state index is 13.4. The smallest absolute Gasteiger partial charge is 0.247 e. The van der Waals surface area contributed by atoms with Crippen LogP contribution in [0, 0.1) is 6.92 Å². The fourth-order valence-electron chi connectivity index (χ4n) is 4.52. The minimum Gasteiger partial charge on any atom is -0.351 e. The van der Waals surface area contributed by atoms with Crippen molar-refractivity contribution in [3.05, 3.63) is 35.4 Å². The largest absolute Gasteiger partial charge is 0.351 e. The Hall–Kier alpha value is -1.55. The molecule has 1 atom stereocenters. The van der Waals surface area contributed by atoms with Gasteiger partial charge in [-0.25, -0.2) is 0 Å². The van der Waals surface area contributed by atoms with E-state index in [9.17, 15) is 9.59 Å². The van der Waals surface area contributed by atoms with Crippen LogP contribution in [0.15, 0.2) is 24.3 Å². The topological polar surface area (TPSA) is 49.4 Å². The summed E-state index contributed by atoms with van der Waals surface area (Å²) in [7, 11) is 0. The second kappa shape index (κ2) is 9.59. The fraction of sp³-hybridized carbons (Fsp3) is 0.636. The first kappa shape index (κ1) is 20.2. The monoisotopic (exact) mass is 390 g/mol. The van der Waals surface area contributed by atoms with E-state index >= 15 is 0 Å². The van der Waals surface area contributed by atoms with Gasteiger partial charge in [0.25, 0.3) is 0 Å². The van der Waals surface area contributed by atoms with Gasteiger partial charge in [-0.05, 0) is 38.2 Å². The Labute approximate surface area is 167 Å². The van der Waals surface area contributed by atoms with Gasteiger partial charge in [-0.15, -0.1) is 11.6 Å². The van der Waals surface area contributed by atoms with Crippen LogP contribution < -0.4 is 5.32 Å². The minimum atomic E-state index is -0.595. The lowest BCUT2D eigenvalue weighted by molar-refractivity contribution is -0.142. The average Bonchev–Trinajstić information content (AvgIpc) is 3.21. The van der Waals surface area contributed by atoms with E-state index in [0.717, 1.165) is 62.5 Å². The Morgan fingerprint density at radius 2 is 1.63 bits per heavy atom. The van der Waals surface area contributed by atoms with E-state index in [0.29, 0.717) is 0 Å². The van der Waals surface area contributed by atoms with Crippen molar-refractivity contribution in [2.24, 2.45) is 0 Å². The summed E-state index contributed by atoms with van der Waals surface area (Å²) in [5, 5.41) is 3.24. The normalized spacial score (nSPS) is 19.6. The second-order valence-electron chi connectivity index (χ2n) is 8.03. The molecule has 0 radical (unpaired) electrons. The number of carbonyl (C=O) groups is 2. The molecule has 0 spiro atoms. The molecule has 0 aromatic heterocycles. The number of benzene rings is 1. The Morgan fingerprint density at radius 3 is 2.22 bits per heavy atom. The highest BCUT2D eigenvalue weighted by Crippen LogP contribution is 2.32. The summed E-state index contributed by atoms with van der Waals surface area (Å²) in [5.74, 6) is -0.292. The number of carbonyl (C=O) groups excluding carboxylic acids is 2. The Kier molecular flexibility index (Phi) is 7.17. The first-order chi connectivity index (χ1) is 13.1. The number of nitrogens with one attached hydrogen (secondary N) is 1. The molecule has 0 unspecified atom stereocenters. The molecule has 1 aromatic rings. The molecule has 4 nitrogen and oxygen atoms in total. The second-order valence-corrected chi connectivity index (χ2v) is 8.30. The molecule has 1 N–H and O–H groups in total. The number of halogens is 1. The van der Waals surface area contributed by atoms with Gasteiger partial charge in [-0.1, -0.05) is 61.9 Å². The number of rotatable bonds is 6. The van der Waals surface area contributed by atoms with E-state index in [-0.39, 0.29) is 29.8 Å². The van der Waals surface area contributed by atoms with E-state index in [1.54, 1.807) is 4.90 Å². The van der Waals surface area contributed by atoms with Gasteiger partial charge in [-0.2, -0.15) is 0 Å². The first-order valence-electron chi connectivity index (χ1n) is 10.3. The maximum Gasteiger partial charge on any atom is 0.247 e. The van der Waals surface area contributed by atoms with E-state index < -0.39 is 6.04 Å². The van der Waals surface area contributed by atoms with Gasteiger partial charge in [-0.3, -0.25) is 9.59 Å². The van der Waals surface area contributed by atoms with Crippen molar-refractivity contribution in [1.29, 1.82) is 0 Å². The quantitative estimate of drug-likeness (QED) is 0.727. The molecule has 2 aliphatic carbocycles. The van der Waals surface area contributed by atoms with Gasteiger partial charge >= 0.3 is 0 Å². The van der Waals surface area contributed by atoms with Crippen molar-refractivity contribution in [3.8, 4) is 0 Å². The van der Waals surface area contributed by atoms with Gasteiger partial charge in [0.1, 0.15) is 11.9 Å². The Morgan fingerprint density at radius 1 is 1.04 bits per heavy atom. The van der Waals surface area contributed by atoms with Crippen molar-refractivity contribution in [3.63, 3.8) is 0 Å². The minimum absolute atomic E-state index is 0.0591. The first-order valence-corrected chi connectivity index (χ1v) is 10.9. The molecular formula is C22H31ClN2O2. The number of hydrogen-bond acceptors (Lipinski definition) is 2. The zero-order chi connectivity index (χ0) is 19.2. The van der Waals surface area contributed by atoms with Crippen LogP contribution in [0.2, 0.25) is 0 Å². The van der Waals surface area contributed by atoms with E-state index in [4.69, 9.17) is 11.6 Å². The van der Waals surface area contributed by atoms with Gasteiger partial charge in [0, 0.05) is 12.1 Å². The number of hydrogen-bond donors (Lipinski definition) is 1. The number of alkyl halides is 1. The van der Waals surface area contributed by atoms with Gasteiger partial charge in [0.05, 0.1) is 0 Å². The summed E-state index contributed by atoms with van der Waals surface area (Å²) in [5.41, 5.74) is 2.01. The highest BCUT2D eigenvalue weighted by Gasteiger charge is 2.37. The standard InChI is InChI=1S/C22H31ClN2O2/c1-16-11-13-17(14-12-16)21(22(27)24-18-7-3-2-4-8-18)25(20(26)15-23)19-9-5-6-10-19/h11-14,18-19,21H,2-10,15H2,1H3,(H,24,27)/t21-/m1/s1. The lowest BCUT2D eigenvalue weighted by Crippen LogP contribution is -2.50. The average molecular weight is 391 g/mol. The molecule has 148 valence electrons. The molecule has 0 bridgehead atoms. The van der Waals surface area contributed by atoms with E-state index in [1.807, 2.05) is 31.2 Å². The molecule has 2 aliphatic rings. The molecule has 5 heteroatoms. The molecular weight excluding hydrogens is 360 g/mol. The van der Waals surface area contributed by atoms with Crippen molar-refractivity contribution < 1.29 is 9.59 Å². The summed E-state index contributed by atoms with van der Waals surface area (Å²) in [4.78, 5) is 27.9. The van der Waals surface area contributed by atoms with Gasteiger partial charge < -0.3 is 10.2 Å². The van der Waals surface area contributed by atoms with Crippen molar-refractivity contribution in [2.45, 2.75) is 82.8 Å². The number of amides is 2. The molecule has 27 heavy (non-hydrogen) atoms. The van der Waals surface area contributed by atoms with Gasteiger partial charge in [0.15, 0.2) is 0 Å². The third kappa shape index (κ3) is 5.04. The van der Waals surface area contributed by atoms with Crippen LogP contribution in [-0.4, -0.2) is 34.7 Å². The third-order valence-electron chi connectivity index (χ3n) is 5.99. The van der Waals surface area contributed by atoms with Crippen LogP contribution in [0.1, 0.15) is 75.0 Å². The predicted octanol–water partition coefficient (Wildman–Crippen LogP) is 4.50. The summed E-state index contributed by atoms with van der Waals surface area (Å²) in [6.07, 6.45) is 9.71. The molecule has 0 heterocycles. The molecule has 2 saturated carbocycles. The van der Waals surface area contributed by atoms with E-state index in [2.05, 4.69) is 5.32 Å². The molecule has 3 rings (SSSR count). The SMILES string of the molecule is Cc1ccc([C@H](C(=O)NC2CCCCC2)N(C(=O)CCl)C2CCCC2)cc1. The van der Waals surface area contributed by atoms with Crippen LogP contribution in [0.25, 0.3) is 0 Å². The van der Waals surface area contributed by atoms with Gasteiger partial charge in [0.2, 0.25) is 11.8 Å². The molecule has 0 aliphatic heterocycles. The zero-order valence-electron chi connectivity index (χ0n) is 16.3. The van der Waals surface area contributed by atoms with Crippen molar-refractivity contribution in [2.75, 3.05) is 5.88 Å². The van der Waals surface area contributed by atoms with Crippen LogP contribution >= 0.6 is 11.6 Å². The zero-order valence-corrected chi connectivity index (χ0v) is 17.0. The molecule has 2 amide bonds. The van der Waals surface area contributed by atoms with Crippen molar-refractivity contribution >= 4 is 23.4 Å². The van der Waals surface area contributed by atoms with Crippen LogP contribution in [-0.2, 0) is 9.59 Å². The van der Waals surface area contributed by atoms with E-state index in [1.165, 1.54) is 6.42 Å². The van der Waals surface area contributed by atoms with Crippen LogP contribution in [0.3, 0.4) is 0 Å². The maximum absolute atomic E-state index is 13.4. The molecule has 2 fully saturated rings. The number of aryl methyl sites for hydroxylation is 1. The van der Waals surface area contributed by atoms with Crippen LogP contribution in [0.4, 0.5) is 0 Å². The fourth-order valence-corrected chi connectivity index (χ4v) is 4.66. The molecule has 1 aromatic carbocycles. The summed E-state index contributed by atoms with van der Waals surface area (Å²) in [6.45, 7) is 2.03. The highest BCUT2D eigenvalue weighted by atomic mass is 35.5. The molecule has 0 saturated heterocycles.